The average molecular weight is 325 g/mol. The quantitative estimate of drug-likeness (QED) is 0.758. The molecule has 1 aromatic rings. The number of rotatable bonds is 9. The summed E-state index contributed by atoms with van der Waals surface area (Å²) in [7, 11) is 0. The zero-order valence-electron chi connectivity index (χ0n) is 14.1. The SMILES string of the molecule is CC(C)OC[C@@H](O)CN(Cc1ccccc1F)C[C@H]1CCCO1. The van der Waals surface area contributed by atoms with Gasteiger partial charge in [0.2, 0.25) is 0 Å². The van der Waals surface area contributed by atoms with E-state index in [2.05, 4.69) is 4.90 Å². The molecular formula is C18H28FNO3. The normalized spacial score (nSPS) is 19.7. The van der Waals surface area contributed by atoms with Crippen LogP contribution in [0.15, 0.2) is 24.3 Å². The minimum Gasteiger partial charge on any atom is -0.389 e. The van der Waals surface area contributed by atoms with Gasteiger partial charge in [0.05, 0.1) is 24.9 Å². The van der Waals surface area contributed by atoms with Crippen LogP contribution < -0.4 is 0 Å². The summed E-state index contributed by atoms with van der Waals surface area (Å²) >= 11 is 0. The molecule has 1 heterocycles. The molecule has 0 bridgehead atoms. The van der Waals surface area contributed by atoms with Gasteiger partial charge < -0.3 is 14.6 Å². The van der Waals surface area contributed by atoms with Crippen LogP contribution in [0.25, 0.3) is 0 Å². The highest BCUT2D eigenvalue weighted by molar-refractivity contribution is 5.17. The highest BCUT2D eigenvalue weighted by atomic mass is 19.1. The number of benzene rings is 1. The number of aliphatic hydroxyl groups excluding tert-OH is 1. The summed E-state index contributed by atoms with van der Waals surface area (Å²) in [5.74, 6) is -0.210. The summed E-state index contributed by atoms with van der Waals surface area (Å²) < 4.78 is 25.1. The Morgan fingerprint density at radius 1 is 1.39 bits per heavy atom. The Kier molecular flexibility index (Phi) is 7.43. The third-order valence-corrected chi connectivity index (χ3v) is 3.93. The standard InChI is InChI=1S/C18H28FNO3/c1-14(2)23-13-16(21)11-20(12-17-7-5-9-22-17)10-15-6-3-4-8-18(15)19/h3-4,6,8,14,16-17,21H,5,7,9-13H2,1-2H3/t16-,17+/m0/s1. The van der Waals surface area contributed by atoms with E-state index in [-0.39, 0.29) is 24.6 Å². The van der Waals surface area contributed by atoms with Crippen LogP contribution in [0, 0.1) is 5.82 Å². The van der Waals surface area contributed by atoms with E-state index >= 15 is 0 Å². The molecule has 0 spiro atoms. The molecule has 4 nitrogen and oxygen atoms in total. The van der Waals surface area contributed by atoms with E-state index in [0.717, 1.165) is 19.4 Å². The van der Waals surface area contributed by atoms with Gasteiger partial charge in [-0.15, -0.1) is 0 Å². The number of hydrogen-bond donors (Lipinski definition) is 1. The lowest BCUT2D eigenvalue weighted by Crippen LogP contribution is -2.39. The van der Waals surface area contributed by atoms with Crippen molar-refractivity contribution in [3.05, 3.63) is 35.6 Å². The van der Waals surface area contributed by atoms with Gasteiger partial charge in [-0.1, -0.05) is 18.2 Å². The fourth-order valence-corrected chi connectivity index (χ4v) is 2.80. The number of halogens is 1. The highest BCUT2D eigenvalue weighted by Gasteiger charge is 2.22. The molecule has 2 atom stereocenters. The minimum absolute atomic E-state index is 0.0860. The van der Waals surface area contributed by atoms with Gasteiger partial charge in [0.25, 0.3) is 0 Å². The molecule has 2 rings (SSSR count). The van der Waals surface area contributed by atoms with Crippen molar-refractivity contribution in [2.75, 3.05) is 26.3 Å². The van der Waals surface area contributed by atoms with Gasteiger partial charge in [0, 0.05) is 31.8 Å². The van der Waals surface area contributed by atoms with E-state index in [4.69, 9.17) is 9.47 Å². The Morgan fingerprint density at radius 3 is 2.83 bits per heavy atom. The second-order valence-electron chi connectivity index (χ2n) is 6.46. The molecule has 0 amide bonds. The lowest BCUT2D eigenvalue weighted by atomic mass is 10.1. The zero-order valence-corrected chi connectivity index (χ0v) is 14.1. The summed E-state index contributed by atoms with van der Waals surface area (Å²) in [6, 6.07) is 6.78. The van der Waals surface area contributed by atoms with E-state index in [0.29, 0.717) is 25.2 Å². The topological polar surface area (TPSA) is 41.9 Å². The molecule has 0 unspecified atom stereocenters. The second-order valence-corrected chi connectivity index (χ2v) is 6.46. The fraction of sp³-hybridized carbons (Fsp3) is 0.667. The van der Waals surface area contributed by atoms with Crippen LogP contribution >= 0.6 is 0 Å². The molecule has 5 heteroatoms. The van der Waals surface area contributed by atoms with Gasteiger partial charge in [-0.3, -0.25) is 4.90 Å². The largest absolute Gasteiger partial charge is 0.389 e. The van der Waals surface area contributed by atoms with Gasteiger partial charge in [-0.25, -0.2) is 4.39 Å². The molecule has 23 heavy (non-hydrogen) atoms. The Hall–Kier alpha value is -1.01. The smallest absolute Gasteiger partial charge is 0.127 e. The van der Waals surface area contributed by atoms with E-state index in [1.807, 2.05) is 19.9 Å². The van der Waals surface area contributed by atoms with Crippen LogP contribution in [0.5, 0.6) is 0 Å². The van der Waals surface area contributed by atoms with Crippen molar-refractivity contribution in [3.63, 3.8) is 0 Å². The van der Waals surface area contributed by atoms with Crippen LogP contribution in [-0.4, -0.2) is 54.6 Å². The molecule has 130 valence electrons. The molecule has 1 saturated heterocycles. The van der Waals surface area contributed by atoms with E-state index in [9.17, 15) is 9.50 Å². The first-order chi connectivity index (χ1) is 11.0. The van der Waals surface area contributed by atoms with Gasteiger partial charge in [-0.05, 0) is 32.8 Å². The first-order valence-electron chi connectivity index (χ1n) is 8.41. The summed E-state index contributed by atoms with van der Waals surface area (Å²) in [6.07, 6.45) is 1.75. The van der Waals surface area contributed by atoms with Crippen molar-refractivity contribution in [3.8, 4) is 0 Å². The second kappa shape index (κ2) is 9.33. The lowest BCUT2D eigenvalue weighted by Gasteiger charge is -2.28. The molecule has 0 aliphatic carbocycles. The Morgan fingerprint density at radius 2 is 2.17 bits per heavy atom. The average Bonchev–Trinajstić information content (AvgIpc) is 3.00. The third kappa shape index (κ3) is 6.55. The Bertz CT molecular complexity index is 463. The summed E-state index contributed by atoms with van der Waals surface area (Å²) in [5, 5.41) is 10.2. The van der Waals surface area contributed by atoms with Crippen LogP contribution in [0.4, 0.5) is 4.39 Å². The van der Waals surface area contributed by atoms with Crippen molar-refractivity contribution in [1.82, 2.24) is 4.90 Å². The Balaban J connectivity index is 1.94. The molecule has 1 fully saturated rings. The predicted octanol–water partition coefficient (Wildman–Crippen LogP) is 2.59. The first kappa shape index (κ1) is 18.3. The van der Waals surface area contributed by atoms with Crippen LogP contribution in [-0.2, 0) is 16.0 Å². The number of ether oxygens (including phenoxy) is 2. The first-order valence-corrected chi connectivity index (χ1v) is 8.41. The number of hydrogen-bond acceptors (Lipinski definition) is 4. The van der Waals surface area contributed by atoms with Crippen molar-refractivity contribution in [2.24, 2.45) is 0 Å². The summed E-state index contributed by atoms with van der Waals surface area (Å²) in [6.45, 7) is 6.57. The summed E-state index contributed by atoms with van der Waals surface area (Å²) in [5.41, 5.74) is 0.641. The molecule has 0 aromatic heterocycles. The van der Waals surface area contributed by atoms with E-state index in [1.165, 1.54) is 6.07 Å². The highest BCUT2D eigenvalue weighted by Crippen LogP contribution is 2.16. The molecule has 1 N–H and O–H groups in total. The monoisotopic (exact) mass is 325 g/mol. The maximum absolute atomic E-state index is 13.9. The van der Waals surface area contributed by atoms with Crippen molar-refractivity contribution in [1.29, 1.82) is 0 Å². The van der Waals surface area contributed by atoms with Gasteiger partial charge in [0.1, 0.15) is 5.82 Å². The molecule has 1 aliphatic heterocycles. The molecule has 0 saturated carbocycles. The third-order valence-electron chi connectivity index (χ3n) is 3.93. The van der Waals surface area contributed by atoms with Crippen LogP contribution in [0.3, 0.4) is 0 Å². The number of aliphatic hydroxyl groups is 1. The van der Waals surface area contributed by atoms with Gasteiger partial charge >= 0.3 is 0 Å². The minimum atomic E-state index is -0.592. The van der Waals surface area contributed by atoms with Crippen molar-refractivity contribution in [2.45, 2.75) is 51.5 Å². The molecule has 0 radical (unpaired) electrons. The van der Waals surface area contributed by atoms with Gasteiger partial charge in [-0.2, -0.15) is 0 Å². The molecule has 1 aliphatic rings. The van der Waals surface area contributed by atoms with Gasteiger partial charge in [0.15, 0.2) is 0 Å². The summed E-state index contributed by atoms with van der Waals surface area (Å²) in [4.78, 5) is 2.06. The Labute approximate surface area is 138 Å². The van der Waals surface area contributed by atoms with Crippen LogP contribution in [0.2, 0.25) is 0 Å². The van der Waals surface area contributed by atoms with E-state index in [1.54, 1.807) is 12.1 Å². The van der Waals surface area contributed by atoms with E-state index < -0.39 is 6.10 Å². The maximum atomic E-state index is 13.9. The van der Waals surface area contributed by atoms with Crippen LogP contribution in [0.1, 0.15) is 32.3 Å². The maximum Gasteiger partial charge on any atom is 0.127 e. The molecule has 1 aromatic carbocycles. The number of nitrogens with zero attached hydrogens (tertiary/aromatic N) is 1. The lowest BCUT2D eigenvalue weighted by molar-refractivity contribution is -0.0173. The zero-order chi connectivity index (χ0) is 16.7. The molecular weight excluding hydrogens is 297 g/mol. The van der Waals surface area contributed by atoms with Crippen molar-refractivity contribution >= 4 is 0 Å². The fourth-order valence-electron chi connectivity index (χ4n) is 2.80. The predicted molar refractivity (Wildman–Crippen MR) is 87.7 cm³/mol. The van der Waals surface area contributed by atoms with Crippen molar-refractivity contribution < 1.29 is 19.0 Å².